The quantitative estimate of drug-likeness (QED) is 0.454. The summed E-state index contributed by atoms with van der Waals surface area (Å²) in [4.78, 5) is 33.7. The minimum Gasteiger partial charge on any atom is -0.394 e. The number of rotatable bonds is 7. The van der Waals surface area contributed by atoms with Crippen LogP contribution in [-0.4, -0.2) is 66.8 Å². The highest BCUT2D eigenvalue weighted by molar-refractivity contribution is 7.37. The van der Waals surface area contributed by atoms with Gasteiger partial charge in [-0.1, -0.05) is 18.2 Å². The molecule has 31 heavy (non-hydrogen) atoms. The van der Waals surface area contributed by atoms with Crippen molar-refractivity contribution in [2.24, 2.45) is 0 Å². The lowest BCUT2D eigenvalue weighted by Gasteiger charge is -2.16. The molecule has 1 aromatic carbocycles. The van der Waals surface area contributed by atoms with E-state index in [0.717, 1.165) is 0 Å². The third-order valence-corrected chi connectivity index (χ3v) is 5.10. The second-order valence-electron chi connectivity index (χ2n) is 6.67. The van der Waals surface area contributed by atoms with Gasteiger partial charge in [-0.05, 0) is 16.7 Å². The fraction of sp³-hybridized carbons (Fsp3) is 0.333. The zero-order valence-electron chi connectivity index (χ0n) is 15.9. The smallest absolute Gasteiger partial charge is 0.394 e. The summed E-state index contributed by atoms with van der Waals surface area (Å²) in [6, 6.07) is 8.51. The second-order valence-corrected chi connectivity index (χ2v) is 7.63. The van der Waals surface area contributed by atoms with Crippen LogP contribution >= 0.6 is 8.03 Å². The van der Waals surface area contributed by atoms with Gasteiger partial charge in [-0.3, -0.25) is 9.36 Å². The Labute approximate surface area is 175 Å². The van der Waals surface area contributed by atoms with E-state index in [0.29, 0.717) is 5.56 Å². The maximum absolute atomic E-state index is 15.1. The van der Waals surface area contributed by atoms with Crippen LogP contribution in [0, 0.1) is 0 Å². The van der Waals surface area contributed by atoms with E-state index >= 15 is 4.39 Å². The summed E-state index contributed by atoms with van der Waals surface area (Å²) in [5, 5.41) is 12.1. The Balaban J connectivity index is 1.60. The average molecular weight is 450 g/mol. The van der Waals surface area contributed by atoms with Gasteiger partial charge in [0.1, 0.15) is 18.5 Å². The van der Waals surface area contributed by atoms with Crippen LogP contribution in [0.15, 0.2) is 43.0 Å². The molecule has 3 N–H and O–H groups in total. The molecular weight excluding hydrogens is 432 g/mol. The molecule has 2 unspecified atom stereocenters. The van der Waals surface area contributed by atoms with Gasteiger partial charge in [-0.2, -0.15) is 4.89 Å². The van der Waals surface area contributed by atoms with Crippen molar-refractivity contribution in [2.45, 2.75) is 24.6 Å². The monoisotopic (exact) mass is 450 g/mol. The van der Waals surface area contributed by atoms with Crippen molar-refractivity contribution >= 4 is 30.9 Å². The predicted octanol–water partition coefficient (Wildman–Crippen LogP) is 1.38. The molecule has 1 fully saturated rings. The number of benzene rings is 1. The lowest BCUT2D eigenvalue weighted by molar-refractivity contribution is -0.0545. The number of nitrogens with one attached hydrogen (secondary N) is 1. The fourth-order valence-corrected chi connectivity index (χ4v) is 3.61. The minimum atomic E-state index is -2.64. The van der Waals surface area contributed by atoms with E-state index in [9.17, 15) is 14.5 Å². The summed E-state index contributed by atoms with van der Waals surface area (Å²) in [6.45, 7) is -0.552. The molecule has 0 spiro atoms. The van der Waals surface area contributed by atoms with Gasteiger partial charge < -0.3 is 19.9 Å². The number of hydrogen-bond acceptors (Lipinski definition) is 8. The zero-order chi connectivity index (χ0) is 22.0. The molecule has 13 heteroatoms. The number of halogens is 1. The van der Waals surface area contributed by atoms with Crippen molar-refractivity contribution in [3.05, 3.63) is 48.5 Å². The van der Waals surface area contributed by atoms with Gasteiger partial charge in [-0.25, -0.2) is 19.3 Å². The number of carbonyl (C=O) groups excluding carboxylic acids is 1. The normalized spacial score (nSPS) is 23.8. The van der Waals surface area contributed by atoms with Crippen molar-refractivity contribution < 1.29 is 33.2 Å². The first kappa shape index (κ1) is 21.3. The van der Waals surface area contributed by atoms with E-state index in [1.807, 2.05) is 0 Å². The SMILES string of the molecule is O=C(Nc1ncnc2c1ncn2[C@@H]1O[C@H](CO)[C@H](OC[P+](=O)O)C1F)c1ccccc1. The third-order valence-electron chi connectivity index (χ3n) is 4.73. The molecule has 1 aliphatic heterocycles. The van der Waals surface area contributed by atoms with Crippen molar-refractivity contribution in [3.8, 4) is 0 Å². The molecule has 5 atom stereocenters. The van der Waals surface area contributed by atoms with E-state index < -0.39 is 51.5 Å². The molecule has 0 aliphatic carbocycles. The van der Waals surface area contributed by atoms with E-state index in [1.54, 1.807) is 30.3 Å². The summed E-state index contributed by atoms with van der Waals surface area (Å²) in [5.74, 6) is -0.266. The van der Waals surface area contributed by atoms with Crippen LogP contribution < -0.4 is 5.32 Å². The molecule has 4 rings (SSSR count). The highest BCUT2D eigenvalue weighted by Crippen LogP contribution is 2.36. The highest BCUT2D eigenvalue weighted by atomic mass is 31.1. The van der Waals surface area contributed by atoms with Gasteiger partial charge in [0, 0.05) is 5.56 Å². The lowest BCUT2D eigenvalue weighted by atomic mass is 10.1. The molecule has 11 nitrogen and oxygen atoms in total. The molecule has 1 amide bonds. The first-order valence-electron chi connectivity index (χ1n) is 9.19. The Morgan fingerprint density at radius 1 is 1.29 bits per heavy atom. The van der Waals surface area contributed by atoms with E-state index in [1.165, 1.54) is 17.2 Å². The Kier molecular flexibility index (Phi) is 6.25. The van der Waals surface area contributed by atoms with Crippen LogP contribution in [0.4, 0.5) is 10.2 Å². The van der Waals surface area contributed by atoms with Gasteiger partial charge >= 0.3 is 8.03 Å². The predicted molar refractivity (Wildman–Crippen MR) is 105 cm³/mol. The number of hydrogen-bond donors (Lipinski definition) is 3. The lowest BCUT2D eigenvalue weighted by Crippen LogP contribution is -2.33. The topological polar surface area (TPSA) is 149 Å². The molecule has 0 saturated carbocycles. The van der Waals surface area contributed by atoms with E-state index in [2.05, 4.69) is 20.3 Å². The van der Waals surface area contributed by atoms with Gasteiger partial charge in [-0.15, -0.1) is 0 Å². The molecule has 0 bridgehead atoms. The third kappa shape index (κ3) is 4.29. The second kappa shape index (κ2) is 9.08. The summed E-state index contributed by atoms with van der Waals surface area (Å²) < 4.78 is 37.9. The number of anilines is 1. The maximum Gasteiger partial charge on any atom is 0.534 e. The van der Waals surface area contributed by atoms with Crippen LogP contribution in [0.3, 0.4) is 0 Å². The van der Waals surface area contributed by atoms with Crippen molar-refractivity contribution in [3.63, 3.8) is 0 Å². The molecule has 2 aromatic heterocycles. The number of aromatic nitrogens is 4. The zero-order valence-corrected chi connectivity index (χ0v) is 16.8. The molecule has 1 aliphatic rings. The summed E-state index contributed by atoms with van der Waals surface area (Å²) >= 11 is 0. The number of nitrogens with zero attached hydrogens (tertiary/aromatic N) is 4. The fourth-order valence-electron chi connectivity index (χ4n) is 3.31. The van der Waals surface area contributed by atoms with Crippen LogP contribution in [0.2, 0.25) is 0 Å². The summed E-state index contributed by atoms with van der Waals surface area (Å²) in [7, 11) is -2.64. The van der Waals surface area contributed by atoms with Crippen molar-refractivity contribution in [1.29, 1.82) is 0 Å². The van der Waals surface area contributed by atoms with Crippen LogP contribution in [0.25, 0.3) is 11.2 Å². The van der Waals surface area contributed by atoms with Gasteiger partial charge in [0.05, 0.1) is 12.9 Å². The highest BCUT2D eigenvalue weighted by Gasteiger charge is 2.48. The maximum atomic E-state index is 15.1. The van der Waals surface area contributed by atoms with E-state index in [-0.39, 0.29) is 17.0 Å². The molecule has 0 radical (unpaired) electrons. The molecular formula is C18H18FN5O6P+. The number of ether oxygens (including phenoxy) is 2. The van der Waals surface area contributed by atoms with Crippen LogP contribution in [-0.2, 0) is 14.0 Å². The molecule has 3 aromatic rings. The Morgan fingerprint density at radius 2 is 2.06 bits per heavy atom. The summed E-state index contributed by atoms with van der Waals surface area (Å²) in [6.07, 6.45) is -3.45. The Bertz CT molecular complexity index is 1100. The van der Waals surface area contributed by atoms with Crippen molar-refractivity contribution in [1.82, 2.24) is 19.5 Å². The average Bonchev–Trinajstić information content (AvgIpc) is 3.34. The number of aliphatic hydroxyl groups is 1. The first-order chi connectivity index (χ1) is 15.0. The molecule has 1 saturated heterocycles. The van der Waals surface area contributed by atoms with Gasteiger partial charge in [0.25, 0.3) is 12.3 Å². The first-order valence-corrected chi connectivity index (χ1v) is 10.6. The number of alkyl halides is 1. The number of carbonyl (C=O) groups is 1. The van der Waals surface area contributed by atoms with Gasteiger partial charge in [0.15, 0.2) is 29.4 Å². The summed E-state index contributed by atoms with van der Waals surface area (Å²) in [5.41, 5.74) is 0.826. The van der Waals surface area contributed by atoms with Crippen molar-refractivity contribution in [2.75, 3.05) is 18.3 Å². The molecule has 162 valence electrons. The van der Waals surface area contributed by atoms with Crippen LogP contribution in [0.5, 0.6) is 0 Å². The Hall–Kier alpha value is -2.89. The number of imidazole rings is 1. The Morgan fingerprint density at radius 3 is 2.77 bits per heavy atom. The number of aliphatic hydroxyl groups excluding tert-OH is 1. The standard InChI is InChI=1S/C18H17FN5O6P/c19-12-14(29-9-31(27)28)11(6-25)30-18(12)24-8-22-13-15(20-7-21-16(13)24)23-17(26)10-4-2-1-3-5-10/h1-5,7-8,11-12,14,18,25H,6,9H2,(H-,20,21,23,26,27,28)/p+1/t11-,12?,14+,18-/m1/s1. The molecule has 3 heterocycles. The number of fused-ring (bicyclic) bond motifs is 1. The minimum absolute atomic E-state index is 0.134. The van der Waals surface area contributed by atoms with Crippen LogP contribution in [0.1, 0.15) is 16.6 Å². The van der Waals surface area contributed by atoms with E-state index in [4.69, 9.17) is 14.4 Å². The van der Waals surface area contributed by atoms with Gasteiger partial charge in [0.2, 0.25) is 0 Å². The number of amides is 1. The largest absolute Gasteiger partial charge is 0.534 e.